The molecule has 1 fully saturated rings. The van der Waals surface area contributed by atoms with Crippen LogP contribution in [-0.2, 0) is 14.3 Å². The van der Waals surface area contributed by atoms with Crippen molar-refractivity contribution in [3.05, 3.63) is 11.6 Å². The van der Waals surface area contributed by atoms with E-state index < -0.39 is 11.5 Å². The number of ether oxygens (including phenoxy) is 1. The molecule has 1 aromatic heterocycles. The molecule has 5 nitrogen and oxygen atoms in total. The monoisotopic (exact) mass is 240 g/mol. The molecule has 0 radical (unpaired) electrons. The fourth-order valence-corrected chi connectivity index (χ4v) is 2.24. The van der Waals surface area contributed by atoms with Gasteiger partial charge in [0.05, 0.1) is 12.3 Å². The van der Waals surface area contributed by atoms with Crippen molar-refractivity contribution < 1.29 is 14.3 Å². The van der Waals surface area contributed by atoms with Gasteiger partial charge in [-0.25, -0.2) is 4.98 Å². The number of carbonyl (C=O) groups is 2. The van der Waals surface area contributed by atoms with E-state index in [9.17, 15) is 9.59 Å². The maximum absolute atomic E-state index is 11.9. The van der Waals surface area contributed by atoms with Gasteiger partial charge in [0.1, 0.15) is 5.60 Å². The molecule has 2 heterocycles. The highest BCUT2D eigenvalue weighted by atomic mass is 32.1. The number of nitrogens with one attached hydrogen (secondary N) is 1. The number of nitrogens with zero attached hydrogens (tertiary/aromatic N) is 1. The highest BCUT2D eigenvalue weighted by molar-refractivity contribution is 7.13. The predicted molar refractivity (Wildman–Crippen MR) is 59.0 cm³/mol. The Morgan fingerprint density at radius 2 is 2.44 bits per heavy atom. The lowest BCUT2D eigenvalue weighted by molar-refractivity contribution is -0.147. The highest BCUT2D eigenvalue weighted by Gasteiger charge is 2.46. The van der Waals surface area contributed by atoms with E-state index in [0.29, 0.717) is 5.13 Å². The molecule has 6 heteroatoms. The smallest absolute Gasteiger partial charge is 0.307 e. The van der Waals surface area contributed by atoms with E-state index >= 15 is 0 Å². The summed E-state index contributed by atoms with van der Waals surface area (Å²) in [5.41, 5.74) is -0.738. The van der Waals surface area contributed by atoms with Crippen molar-refractivity contribution >= 4 is 28.3 Å². The van der Waals surface area contributed by atoms with E-state index in [2.05, 4.69) is 10.3 Å². The van der Waals surface area contributed by atoms with E-state index in [1.165, 1.54) is 11.3 Å². The van der Waals surface area contributed by atoms with E-state index in [-0.39, 0.29) is 18.3 Å². The van der Waals surface area contributed by atoms with Gasteiger partial charge in [0.15, 0.2) is 5.13 Å². The fourth-order valence-electron chi connectivity index (χ4n) is 1.70. The average Bonchev–Trinajstić information content (AvgIpc) is 2.73. The molecule has 1 aliphatic heterocycles. The number of cyclic esters (lactones) is 1. The van der Waals surface area contributed by atoms with Crippen molar-refractivity contribution in [2.24, 2.45) is 5.92 Å². The molecule has 1 aliphatic rings. The second kappa shape index (κ2) is 3.86. The molecule has 1 saturated heterocycles. The number of anilines is 1. The summed E-state index contributed by atoms with van der Waals surface area (Å²) in [5, 5.41) is 4.99. The second-order valence-corrected chi connectivity index (χ2v) is 5.06. The zero-order chi connectivity index (χ0) is 11.8. The number of esters is 1. The zero-order valence-corrected chi connectivity index (χ0v) is 9.84. The third kappa shape index (κ3) is 2.06. The fraction of sp³-hybridized carbons (Fsp3) is 0.500. The van der Waals surface area contributed by atoms with Crippen molar-refractivity contribution in [3.8, 4) is 0 Å². The first-order chi connectivity index (χ1) is 7.49. The molecule has 1 N–H and O–H groups in total. The summed E-state index contributed by atoms with van der Waals surface area (Å²) < 4.78 is 5.08. The lowest BCUT2D eigenvalue weighted by atomic mass is 9.90. The van der Waals surface area contributed by atoms with Gasteiger partial charge < -0.3 is 10.1 Å². The first kappa shape index (κ1) is 11.1. The molecule has 0 aromatic carbocycles. The summed E-state index contributed by atoms with van der Waals surface area (Å²) in [6.45, 7) is 3.48. The van der Waals surface area contributed by atoms with Crippen molar-refractivity contribution in [1.29, 1.82) is 0 Å². The molecule has 1 aromatic rings. The largest absolute Gasteiger partial charge is 0.459 e. The van der Waals surface area contributed by atoms with Crippen LogP contribution < -0.4 is 5.32 Å². The topological polar surface area (TPSA) is 68.3 Å². The standard InChI is InChI=1S/C10H12N2O3S/c1-10(2)6(5-7(13)15-10)8(14)12-9-11-3-4-16-9/h3-4,6H,5H2,1-2H3,(H,11,12,14). The van der Waals surface area contributed by atoms with Crippen LogP contribution >= 0.6 is 11.3 Å². The Balaban J connectivity index is 2.08. The maximum Gasteiger partial charge on any atom is 0.307 e. The van der Waals surface area contributed by atoms with Crippen LogP contribution in [0.1, 0.15) is 20.3 Å². The minimum Gasteiger partial charge on any atom is -0.459 e. The second-order valence-electron chi connectivity index (χ2n) is 4.16. The van der Waals surface area contributed by atoms with Gasteiger partial charge in [0.25, 0.3) is 0 Å². The van der Waals surface area contributed by atoms with Crippen LogP contribution in [0.3, 0.4) is 0 Å². The summed E-state index contributed by atoms with van der Waals surface area (Å²) in [4.78, 5) is 27.0. The summed E-state index contributed by atoms with van der Waals surface area (Å²) in [7, 11) is 0. The minimum atomic E-state index is -0.738. The zero-order valence-electron chi connectivity index (χ0n) is 9.02. The lowest BCUT2D eigenvalue weighted by Crippen LogP contribution is -2.36. The minimum absolute atomic E-state index is 0.129. The third-order valence-corrected chi connectivity index (χ3v) is 3.25. The summed E-state index contributed by atoms with van der Waals surface area (Å²) >= 11 is 1.34. The number of hydrogen-bond acceptors (Lipinski definition) is 5. The van der Waals surface area contributed by atoms with Crippen molar-refractivity contribution in [3.63, 3.8) is 0 Å². The van der Waals surface area contributed by atoms with Crippen LogP contribution in [0.15, 0.2) is 11.6 Å². The highest BCUT2D eigenvalue weighted by Crippen LogP contribution is 2.33. The summed E-state index contributed by atoms with van der Waals surface area (Å²) in [6, 6.07) is 0. The number of amides is 1. The van der Waals surface area contributed by atoms with Crippen molar-refractivity contribution in [1.82, 2.24) is 4.98 Å². The van der Waals surface area contributed by atoms with Crippen LogP contribution in [0.25, 0.3) is 0 Å². The van der Waals surface area contributed by atoms with Gasteiger partial charge in [0, 0.05) is 11.6 Å². The molecule has 1 unspecified atom stereocenters. The van der Waals surface area contributed by atoms with Crippen LogP contribution in [-0.4, -0.2) is 22.5 Å². The number of hydrogen-bond donors (Lipinski definition) is 1. The number of carbonyl (C=O) groups excluding carboxylic acids is 2. The van der Waals surface area contributed by atoms with Gasteiger partial charge >= 0.3 is 5.97 Å². The molecule has 0 aliphatic carbocycles. The quantitative estimate of drug-likeness (QED) is 0.794. The van der Waals surface area contributed by atoms with E-state index in [1.54, 1.807) is 25.4 Å². The normalized spacial score (nSPS) is 22.9. The first-order valence-corrected chi connectivity index (χ1v) is 5.79. The Hall–Kier alpha value is -1.43. The molecular weight excluding hydrogens is 228 g/mol. The van der Waals surface area contributed by atoms with E-state index in [1.807, 2.05) is 0 Å². The van der Waals surface area contributed by atoms with Crippen LogP contribution in [0.4, 0.5) is 5.13 Å². The number of aromatic nitrogens is 1. The maximum atomic E-state index is 11.9. The Bertz CT molecular complexity index is 414. The molecule has 0 spiro atoms. The summed E-state index contributed by atoms with van der Waals surface area (Å²) in [5.74, 6) is -1.00. The molecule has 16 heavy (non-hydrogen) atoms. The molecule has 86 valence electrons. The van der Waals surface area contributed by atoms with E-state index in [0.717, 1.165) is 0 Å². The van der Waals surface area contributed by atoms with Gasteiger partial charge in [-0.1, -0.05) is 0 Å². The molecular formula is C10H12N2O3S. The van der Waals surface area contributed by atoms with Gasteiger partial charge in [-0.15, -0.1) is 11.3 Å². The Kier molecular flexibility index (Phi) is 2.67. The van der Waals surface area contributed by atoms with Gasteiger partial charge in [-0.05, 0) is 13.8 Å². The summed E-state index contributed by atoms with van der Waals surface area (Å²) in [6.07, 6.45) is 1.74. The Morgan fingerprint density at radius 3 is 2.94 bits per heavy atom. The lowest BCUT2D eigenvalue weighted by Gasteiger charge is -2.23. The van der Waals surface area contributed by atoms with Gasteiger partial charge in [0.2, 0.25) is 5.91 Å². The van der Waals surface area contributed by atoms with Crippen LogP contribution in [0.2, 0.25) is 0 Å². The molecule has 1 atom stereocenters. The molecule has 0 bridgehead atoms. The third-order valence-electron chi connectivity index (χ3n) is 2.57. The van der Waals surface area contributed by atoms with Gasteiger partial charge in [-0.3, -0.25) is 9.59 Å². The first-order valence-electron chi connectivity index (χ1n) is 4.91. The van der Waals surface area contributed by atoms with Crippen molar-refractivity contribution in [2.45, 2.75) is 25.9 Å². The Morgan fingerprint density at radius 1 is 1.69 bits per heavy atom. The molecule has 0 saturated carbocycles. The van der Waals surface area contributed by atoms with Crippen molar-refractivity contribution in [2.75, 3.05) is 5.32 Å². The molecule has 2 rings (SSSR count). The van der Waals surface area contributed by atoms with Crippen LogP contribution in [0, 0.1) is 5.92 Å². The SMILES string of the molecule is CC1(C)OC(=O)CC1C(=O)Nc1nccs1. The molecule has 1 amide bonds. The number of rotatable bonds is 2. The van der Waals surface area contributed by atoms with Crippen LogP contribution in [0.5, 0.6) is 0 Å². The van der Waals surface area contributed by atoms with E-state index in [4.69, 9.17) is 4.74 Å². The van der Waals surface area contributed by atoms with Gasteiger partial charge in [-0.2, -0.15) is 0 Å². The number of thiazole rings is 1. The predicted octanol–water partition coefficient (Wildman–Crippen LogP) is 1.42. The average molecular weight is 240 g/mol. The Labute approximate surface area is 96.8 Å².